The van der Waals surface area contributed by atoms with Gasteiger partial charge in [-0.3, -0.25) is 0 Å². The summed E-state index contributed by atoms with van der Waals surface area (Å²) in [5.41, 5.74) is 2.80. The molecule has 2 rings (SSSR count). The summed E-state index contributed by atoms with van der Waals surface area (Å²) in [4.78, 5) is 0. The molecule has 1 unspecified atom stereocenters. The van der Waals surface area contributed by atoms with E-state index in [2.05, 4.69) is 69.4 Å². The maximum absolute atomic E-state index is 3.64. The summed E-state index contributed by atoms with van der Waals surface area (Å²) in [6, 6.07) is 13.8. The van der Waals surface area contributed by atoms with Crippen molar-refractivity contribution in [2.24, 2.45) is 5.92 Å². The minimum atomic E-state index is 0.454. The Labute approximate surface area is 117 Å². The fourth-order valence-electron chi connectivity index (χ4n) is 2.81. The van der Waals surface area contributed by atoms with Crippen LogP contribution in [0.15, 0.2) is 36.4 Å². The predicted molar refractivity (Wildman–Crippen MR) is 84.6 cm³/mol. The SMILES string of the molecule is CCNC(CC(C)C)c1ccc(C)c2ccccc12. The van der Waals surface area contributed by atoms with E-state index in [9.17, 15) is 0 Å². The van der Waals surface area contributed by atoms with Crippen LogP contribution in [0.3, 0.4) is 0 Å². The van der Waals surface area contributed by atoms with Gasteiger partial charge in [-0.15, -0.1) is 0 Å². The second-order valence-electron chi connectivity index (χ2n) is 5.76. The number of hydrogen-bond donors (Lipinski definition) is 1. The first-order valence-electron chi connectivity index (χ1n) is 7.35. The van der Waals surface area contributed by atoms with Crippen molar-refractivity contribution < 1.29 is 0 Å². The highest BCUT2D eigenvalue weighted by atomic mass is 14.9. The van der Waals surface area contributed by atoms with Crippen molar-refractivity contribution >= 4 is 10.8 Å². The van der Waals surface area contributed by atoms with Crippen molar-refractivity contribution in [1.82, 2.24) is 5.32 Å². The molecule has 1 N–H and O–H groups in total. The topological polar surface area (TPSA) is 12.0 Å². The summed E-state index contributed by atoms with van der Waals surface area (Å²) in [5.74, 6) is 0.698. The van der Waals surface area contributed by atoms with E-state index in [0.29, 0.717) is 12.0 Å². The smallest absolute Gasteiger partial charge is 0.0328 e. The minimum Gasteiger partial charge on any atom is -0.310 e. The normalized spacial score (nSPS) is 13.1. The average Bonchev–Trinajstić information content (AvgIpc) is 2.39. The Balaban J connectivity index is 2.50. The Kier molecular flexibility index (Phi) is 4.60. The van der Waals surface area contributed by atoms with Crippen LogP contribution in [0.2, 0.25) is 0 Å². The van der Waals surface area contributed by atoms with E-state index < -0.39 is 0 Å². The summed E-state index contributed by atoms with van der Waals surface area (Å²) in [5, 5.41) is 6.42. The highest BCUT2D eigenvalue weighted by Crippen LogP contribution is 2.30. The van der Waals surface area contributed by atoms with Gasteiger partial charge < -0.3 is 5.32 Å². The van der Waals surface area contributed by atoms with Gasteiger partial charge in [-0.2, -0.15) is 0 Å². The lowest BCUT2D eigenvalue weighted by Gasteiger charge is -2.22. The number of aryl methyl sites for hydroxylation is 1. The first-order chi connectivity index (χ1) is 9.13. The molecule has 0 heterocycles. The average molecular weight is 255 g/mol. The number of fused-ring (bicyclic) bond motifs is 1. The summed E-state index contributed by atoms with van der Waals surface area (Å²) >= 11 is 0. The van der Waals surface area contributed by atoms with Crippen LogP contribution in [-0.2, 0) is 0 Å². The van der Waals surface area contributed by atoms with Crippen molar-refractivity contribution in [3.63, 3.8) is 0 Å². The maximum Gasteiger partial charge on any atom is 0.0328 e. The molecule has 0 aliphatic carbocycles. The molecular weight excluding hydrogens is 230 g/mol. The van der Waals surface area contributed by atoms with Crippen LogP contribution in [0.4, 0.5) is 0 Å². The quantitative estimate of drug-likeness (QED) is 0.805. The third-order valence-corrected chi connectivity index (χ3v) is 3.71. The van der Waals surface area contributed by atoms with E-state index in [0.717, 1.165) is 6.54 Å². The molecule has 2 aromatic carbocycles. The number of nitrogens with one attached hydrogen (secondary N) is 1. The van der Waals surface area contributed by atoms with E-state index in [1.807, 2.05) is 0 Å². The molecule has 0 saturated carbocycles. The van der Waals surface area contributed by atoms with Gasteiger partial charge in [-0.05, 0) is 47.7 Å². The fourth-order valence-corrected chi connectivity index (χ4v) is 2.81. The highest BCUT2D eigenvalue weighted by Gasteiger charge is 2.15. The second-order valence-corrected chi connectivity index (χ2v) is 5.76. The molecule has 0 spiro atoms. The van der Waals surface area contributed by atoms with E-state index in [-0.39, 0.29) is 0 Å². The van der Waals surface area contributed by atoms with E-state index >= 15 is 0 Å². The first-order valence-corrected chi connectivity index (χ1v) is 7.35. The predicted octanol–water partition coefficient (Wildman–Crippen LogP) is 4.84. The van der Waals surface area contributed by atoms with Crippen molar-refractivity contribution in [1.29, 1.82) is 0 Å². The van der Waals surface area contributed by atoms with Gasteiger partial charge >= 0.3 is 0 Å². The van der Waals surface area contributed by atoms with Crippen molar-refractivity contribution in [3.8, 4) is 0 Å². The van der Waals surface area contributed by atoms with E-state index in [1.54, 1.807) is 0 Å². The highest BCUT2D eigenvalue weighted by molar-refractivity contribution is 5.88. The Morgan fingerprint density at radius 3 is 2.32 bits per heavy atom. The molecule has 1 nitrogen and oxygen atoms in total. The third kappa shape index (κ3) is 3.16. The molecule has 1 atom stereocenters. The van der Waals surface area contributed by atoms with Crippen LogP contribution >= 0.6 is 0 Å². The Morgan fingerprint density at radius 1 is 1.00 bits per heavy atom. The molecule has 0 aliphatic rings. The van der Waals surface area contributed by atoms with E-state index in [1.165, 1.54) is 28.3 Å². The van der Waals surface area contributed by atoms with Gasteiger partial charge in [0.2, 0.25) is 0 Å². The van der Waals surface area contributed by atoms with Crippen LogP contribution in [-0.4, -0.2) is 6.54 Å². The standard InChI is InChI=1S/C18H25N/c1-5-19-18(12-13(2)3)17-11-10-14(4)15-8-6-7-9-16(15)17/h6-11,13,18-19H,5,12H2,1-4H3. The van der Waals surface area contributed by atoms with Gasteiger partial charge in [0, 0.05) is 6.04 Å². The van der Waals surface area contributed by atoms with Crippen molar-refractivity contribution in [2.75, 3.05) is 6.54 Å². The zero-order valence-corrected chi connectivity index (χ0v) is 12.5. The van der Waals surface area contributed by atoms with Gasteiger partial charge in [0.15, 0.2) is 0 Å². The van der Waals surface area contributed by atoms with Gasteiger partial charge in [0.05, 0.1) is 0 Å². The molecule has 0 aromatic heterocycles. The lowest BCUT2D eigenvalue weighted by molar-refractivity contribution is 0.440. The fraction of sp³-hybridized carbons (Fsp3) is 0.444. The van der Waals surface area contributed by atoms with Gasteiger partial charge in [-0.25, -0.2) is 0 Å². The molecule has 0 amide bonds. The van der Waals surface area contributed by atoms with Gasteiger partial charge in [0.1, 0.15) is 0 Å². The molecule has 102 valence electrons. The summed E-state index contributed by atoms with van der Waals surface area (Å²) in [7, 11) is 0. The molecule has 2 aromatic rings. The van der Waals surface area contributed by atoms with Crippen LogP contribution in [0.5, 0.6) is 0 Å². The first kappa shape index (κ1) is 14.1. The van der Waals surface area contributed by atoms with Crippen molar-refractivity contribution in [3.05, 3.63) is 47.5 Å². The Morgan fingerprint density at radius 2 is 1.68 bits per heavy atom. The van der Waals surface area contributed by atoms with Crippen LogP contribution < -0.4 is 5.32 Å². The minimum absolute atomic E-state index is 0.454. The molecule has 19 heavy (non-hydrogen) atoms. The lowest BCUT2D eigenvalue weighted by atomic mass is 9.91. The Bertz CT molecular complexity index is 542. The number of hydrogen-bond acceptors (Lipinski definition) is 1. The second kappa shape index (κ2) is 6.21. The summed E-state index contributed by atoms with van der Waals surface area (Å²) < 4.78 is 0. The molecule has 0 bridgehead atoms. The molecule has 0 fully saturated rings. The van der Waals surface area contributed by atoms with Crippen molar-refractivity contribution in [2.45, 2.75) is 40.2 Å². The molecule has 0 saturated heterocycles. The summed E-state index contributed by atoms with van der Waals surface area (Å²) in [6.07, 6.45) is 1.18. The molecule has 1 heteroatoms. The van der Waals surface area contributed by atoms with Crippen LogP contribution in [0.25, 0.3) is 10.8 Å². The monoisotopic (exact) mass is 255 g/mol. The van der Waals surface area contributed by atoms with Crippen LogP contribution in [0.1, 0.15) is 44.4 Å². The zero-order valence-electron chi connectivity index (χ0n) is 12.5. The largest absolute Gasteiger partial charge is 0.310 e. The summed E-state index contributed by atoms with van der Waals surface area (Å²) in [6.45, 7) is 9.97. The molecular formula is C18H25N. The van der Waals surface area contributed by atoms with E-state index in [4.69, 9.17) is 0 Å². The Hall–Kier alpha value is -1.34. The van der Waals surface area contributed by atoms with Gasteiger partial charge in [-0.1, -0.05) is 57.2 Å². The molecule has 0 radical (unpaired) electrons. The zero-order chi connectivity index (χ0) is 13.8. The van der Waals surface area contributed by atoms with Gasteiger partial charge in [0.25, 0.3) is 0 Å². The molecule has 0 aliphatic heterocycles. The number of rotatable bonds is 5. The maximum atomic E-state index is 3.64. The number of benzene rings is 2. The lowest BCUT2D eigenvalue weighted by Crippen LogP contribution is -2.22. The van der Waals surface area contributed by atoms with Crippen LogP contribution in [0, 0.1) is 12.8 Å². The third-order valence-electron chi connectivity index (χ3n) is 3.71.